The number of amides is 1. The van der Waals surface area contributed by atoms with E-state index in [2.05, 4.69) is 10.6 Å². The molecule has 1 aromatic rings. The first-order chi connectivity index (χ1) is 6.72. The van der Waals surface area contributed by atoms with Crippen molar-refractivity contribution in [1.82, 2.24) is 5.27 Å². The number of nitrogens with one attached hydrogen (secondary N) is 1. The molecule has 1 heterocycles. The van der Waals surface area contributed by atoms with Gasteiger partial charge in [0.1, 0.15) is 6.61 Å². The predicted octanol–water partition coefficient (Wildman–Crippen LogP) is -0.252. The van der Waals surface area contributed by atoms with Gasteiger partial charge in [0.2, 0.25) is 11.2 Å². The van der Waals surface area contributed by atoms with Crippen molar-refractivity contribution in [3.05, 3.63) is 5.69 Å². The van der Waals surface area contributed by atoms with Crippen molar-refractivity contribution in [2.75, 3.05) is 5.32 Å². The number of anilines is 1. The average Bonchev–Trinajstić information content (AvgIpc) is 2.88. The van der Waals surface area contributed by atoms with E-state index in [4.69, 9.17) is 9.63 Å². The summed E-state index contributed by atoms with van der Waals surface area (Å²) >= 11 is 0. The minimum absolute atomic E-state index is 0.185. The van der Waals surface area contributed by atoms with Gasteiger partial charge in [-0.3, -0.25) is 14.6 Å². The molecule has 0 aromatic carbocycles. The van der Waals surface area contributed by atoms with Crippen LogP contribution in [0.1, 0.15) is 31.5 Å². The van der Waals surface area contributed by atoms with Gasteiger partial charge >= 0.3 is 5.88 Å². The van der Waals surface area contributed by atoms with Crippen molar-refractivity contribution in [3.8, 4) is 0 Å². The Hall–Kier alpha value is -1.43. The van der Waals surface area contributed by atoms with E-state index in [1.54, 1.807) is 4.68 Å². The molecule has 76 valence electrons. The standard InChI is InChI=1S/C8H11N3O3/c1-5(13)9-8-7(4-12)11(10-14-8)6-2-3-6/h6,12H,2-4H2,1H3/p+1. The first-order valence-electron chi connectivity index (χ1n) is 4.51. The number of carbonyl (C=O) groups excluding carboxylic acids is 1. The van der Waals surface area contributed by atoms with E-state index in [9.17, 15) is 4.79 Å². The van der Waals surface area contributed by atoms with Crippen LogP contribution in [0.15, 0.2) is 4.52 Å². The quantitative estimate of drug-likeness (QED) is 0.656. The van der Waals surface area contributed by atoms with Crippen LogP contribution in [0.2, 0.25) is 0 Å². The van der Waals surface area contributed by atoms with E-state index in [0.717, 1.165) is 12.8 Å². The smallest absolute Gasteiger partial charge is 0.308 e. The summed E-state index contributed by atoms with van der Waals surface area (Å²) in [7, 11) is 0. The van der Waals surface area contributed by atoms with Crippen LogP contribution in [0.5, 0.6) is 0 Å². The third-order valence-electron chi connectivity index (χ3n) is 2.09. The Kier molecular flexibility index (Phi) is 2.20. The molecule has 6 nitrogen and oxygen atoms in total. The lowest BCUT2D eigenvalue weighted by Crippen LogP contribution is -2.38. The van der Waals surface area contributed by atoms with Crippen LogP contribution in [0.4, 0.5) is 5.88 Å². The molecule has 0 spiro atoms. The predicted molar refractivity (Wildman–Crippen MR) is 45.2 cm³/mol. The fourth-order valence-electron chi connectivity index (χ4n) is 1.30. The summed E-state index contributed by atoms with van der Waals surface area (Å²) in [5.74, 6) is 0.00527. The van der Waals surface area contributed by atoms with Gasteiger partial charge < -0.3 is 5.11 Å². The lowest BCUT2D eigenvalue weighted by molar-refractivity contribution is -0.772. The summed E-state index contributed by atoms with van der Waals surface area (Å²) < 4.78 is 6.55. The maximum atomic E-state index is 10.8. The summed E-state index contributed by atoms with van der Waals surface area (Å²) in [6.07, 6.45) is 2.09. The molecular weight excluding hydrogens is 186 g/mol. The van der Waals surface area contributed by atoms with Crippen molar-refractivity contribution in [3.63, 3.8) is 0 Å². The highest BCUT2D eigenvalue weighted by atomic mass is 16.5. The molecule has 6 heteroatoms. The molecule has 2 N–H and O–H groups in total. The second-order valence-corrected chi connectivity index (χ2v) is 3.36. The number of hydrogen-bond donors (Lipinski definition) is 2. The number of carbonyl (C=O) groups is 1. The number of nitrogens with zero attached hydrogens (tertiary/aromatic N) is 2. The van der Waals surface area contributed by atoms with Crippen molar-refractivity contribution in [1.29, 1.82) is 0 Å². The number of aromatic nitrogens is 2. The van der Waals surface area contributed by atoms with Crippen LogP contribution >= 0.6 is 0 Å². The van der Waals surface area contributed by atoms with Gasteiger partial charge in [-0.2, -0.15) is 0 Å². The lowest BCUT2D eigenvalue weighted by Gasteiger charge is -1.93. The molecule has 2 rings (SSSR count). The molecule has 0 radical (unpaired) electrons. The highest BCUT2D eigenvalue weighted by Gasteiger charge is 2.40. The molecule has 1 aliphatic carbocycles. The molecule has 0 atom stereocenters. The Morgan fingerprint density at radius 2 is 2.50 bits per heavy atom. The first-order valence-corrected chi connectivity index (χ1v) is 4.51. The van der Waals surface area contributed by atoms with Gasteiger partial charge in [0, 0.05) is 19.8 Å². The van der Waals surface area contributed by atoms with E-state index < -0.39 is 0 Å². The Labute approximate surface area is 80.5 Å². The molecule has 0 aliphatic heterocycles. The zero-order chi connectivity index (χ0) is 10.1. The SMILES string of the molecule is CC(=O)Nc1on[n+](C2CC2)c1CO. The lowest BCUT2D eigenvalue weighted by atomic mass is 10.4. The Balaban J connectivity index is 2.26. The topological polar surface area (TPSA) is 79.2 Å². The Bertz CT molecular complexity index is 357. The number of hydrogen-bond acceptors (Lipinski definition) is 4. The highest BCUT2D eigenvalue weighted by molar-refractivity contribution is 5.87. The Morgan fingerprint density at radius 3 is 3.00 bits per heavy atom. The van der Waals surface area contributed by atoms with E-state index in [1.807, 2.05) is 0 Å². The second kappa shape index (κ2) is 3.38. The van der Waals surface area contributed by atoms with E-state index in [1.165, 1.54) is 6.92 Å². The van der Waals surface area contributed by atoms with E-state index in [0.29, 0.717) is 11.7 Å². The number of aliphatic hydroxyl groups excluding tert-OH is 1. The summed E-state index contributed by atoms with van der Waals surface area (Å²) in [5.41, 5.74) is 0.530. The number of rotatable bonds is 3. The maximum absolute atomic E-state index is 10.8. The average molecular weight is 198 g/mol. The molecule has 1 amide bonds. The van der Waals surface area contributed by atoms with Crippen LogP contribution < -0.4 is 10.00 Å². The maximum Gasteiger partial charge on any atom is 0.308 e. The van der Waals surface area contributed by atoms with Crippen LogP contribution in [0.25, 0.3) is 0 Å². The zero-order valence-corrected chi connectivity index (χ0v) is 7.86. The van der Waals surface area contributed by atoms with Gasteiger partial charge in [0.25, 0.3) is 5.69 Å². The summed E-state index contributed by atoms with van der Waals surface area (Å²) in [5, 5.41) is 15.4. The van der Waals surface area contributed by atoms with Crippen LogP contribution in [0.3, 0.4) is 0 Å². The van der Waals surface area contributed by atoms with Gasteiger partial charge in [-0.05, 0) is 4.68 Å². The highest BCUT2D eigenvalue weighted by Crippen LogP contribution is 2.30. The summed E-state index contributed by atoms with van der Waals surface area (Å²) in [6, 6.07) is 0.323. The van der Waals surface area contributed by atoms with Crippen LogP contribution in [-0.2, 0) is 11.4 Å². The van der Waals surface area contributed by atoms with Gasteiger partial charge in [-0.25, -0.2) is 0 Å². The van der Waals surface area contributed by atoms with Crippen molar-refractivity contribution in [2.24, 2.45) is 0 Å². The third-order valence-corrected chi connectivity index (χ3v) is 2.09. The normalized spacial score (nSPS) is 15.6. The van der Waals surface area contributed by atoms with Gasteiger partial charge in [-0.1, -0.05) is 0 Å². The van der Waals surface area contributed by atoms with E-state index >= 15 is 0 Å². The number of aliphatic hydroxyl groups is 1. The van der Waals surface area contributed by atoms with Crippen molar-refractivity contribution < 1.29 is 19.1 Å². The molecule has 1 saturated carbocycles. The molecule has 0 bridgehead atoms. The molecule has 0 saturated heterocycles. The molecule has 14 heavy (non-hydrogen) atoms. The largest absolute Gasteiger partial charge is 0.385 e. The third kappa shape index (κ3) is 1.60. The minimum atomic E-state index is -0.237. The van der Waals surface area contributed by atoms with Crippen LogP contribution in [0, 0.1) is 0 Å². The van der Waals surface area contributed by atoms with Gasteiger partial charge in [0.15, 0.2) is 6.04 Å². The minimum Gasteiger partial charge on any atom is -0.385 e. The molecule has 1 aromatic heterocycles. The van der Waals surface area contributed by atoms with E-state index in [-0.39, 0.29) is 18.4 Å². The van der Waals surface area contributed by atoms with Crippen LogP contribution in [-0.4, -0.2) is 16.3 Å². The summed E-state index contributed by atoms with van der Waals surface area (Å²) in [6.45, 7) is 1.20. The molecule has 0 unspecified atom stereocenters. The van der Waals surface area contributed by atoms with Gasteiger partial charge in [0.05, 0.1) is 0 Å². The van der Waals surface area contributed by atoms with Crippen molar-refractivity contribution >= 4 is 11.8 Å². The van der Waals surface area contributed by atoms with Crippen molar-refractivity contribution in [2.45, 2.75) is 32.4 Å². The first kappa shape index (κ1) is 9.14. The monoisotopic (exact) mass is 198 g/mol. The molecular formula is C8H12N3O3+. The zero-order valence-electron chi connectivity index (χ0n) is 7.86. The fourth-order valence-corrected chi connectivity index (χ4v) is 1.30. The second-order valence-electron chi connectivity index (χ2n) is 3.36. The fraction of sp³-hybridized carbons (Fsp3) is 0.625. The molecule has 1 aliphatic rings. The Morgan fingerprint density at radius 1 is 1.79 bits per heavy atom. The summed E-state index contributed by atoms with van der Waals surface area (Å²) in [4.78, 5) is 10.8. The van der Waals surface area contributed by atoms with Gasteiger partial charge in [-0.15, -0.1) is 0 Å². The molecule has 1 fully saturated rings.